The van der Waals surface area contributed by atoms with Gasteiger partial charge in [-0.1, -0.05) is 11.6 Å². The van der Waals surface area contributed by atoms with Crippen LogP contribution >= 0.6 is 0 Å². The van der Waals surface area contributed by atoms with Crippen LogP contribution in [-0.2, 0) is 28.7 Å². The van der Waals surface area contributed by atoms with Crippen molar-refractivity contribution < 1.29 is 28.7 Å². The SMILES string of the molecule is CC1=C[C@H]2[C@H]3C(=O)OC(=O)[C@@H]3[C@H]1[C@H]1[C@H]3C(=O)OC(=O)[C@@H]3[C@@H]21. The van der Waals surface area contributed by atoms with E-state index in [1.165, 1.54) is 0 Å². The van der Waals surface area contributed by atoms with Gasteiger partial charge in [0.2, 0.25) is 0 Å². The molecule has 2 bridgehead atoms. The van der Waals surface area contributed by atoms with Crippen LogP contribution in [0, 0.1) is 47.3 Å². The molecule has 2 aliphatic heterocycles. The van der Waals surface area contributed by atoms with Crippen LogP contribution in [0.4, 0.5) is 0 Å². The maximum Gasteiger partial charge on any atom is 0.318 e. The molecule has 4 fully saturated rings. The molecule has 0 unspecified atom stereocenters. The fourth-order valence-corrected chi connectivity index (χ4v) is 5.60. The van der Waals surface area contributed by atoms with Crippen molar-refractivity contribution in [3.63, 3.8) is 0 Å². The van der Waals surface area contributed by atoms with Gasteiger partial charge in [-0.3, -0.25) is 19.2 Å². The Morgan fingerprint density at radius 3 is 1.90 bits per heavy atom. The first kappa shape index (κ1) is 11.7. The van der Waals surface area contributed by atoms with Crippen molar-refractivity contribution in [1.82, 2.24) is 0 Å². The highest BCUT2D eigenvalue weighted by molar-refractivity contribution is 6.01. The number of cyclic esters (lactones) is 4. The molecular weight excluding hydrogens is 276 g/mol. The summed E-state index contributed by atoms with van der Waals surface area (Å²) in [5.41, 5.74) is 1.03. The van der Waals surface area contributed by atoms with Crippen molar-refractivity contribution >= 4 is 23.9 Å². The van der Waals surface area contributed by atoms with Crippen LogP contribution in [0.15, 0.2) is 11.6 Å². The molecule has 2 saturated carbocycles. The number of ether oxygens (including phenoxy) is 2. The van der Waals surface area contributed by atoms with Crippen molar-refractivity contribution in [2.75, 3.05) is 0 Å². The van der Waals surface area contributed by atoms with Crippen LogP contribution < -0.4 is 0 Å². The molecule has 6 nitrogen and oxygen atoms in total. The van der Waals surface area contributed by atoms with E-state index in [0.29, 0.717) is 0 Å². The quantitative estimate of drug-likeness (QED) is 0.356. The van der Waals surface area contributed by atoms with Crippen molar-refractivity contribution in [1.29, 1.82) is 0 Å². The summed E-state index contributed by atoms with van der Waals surface area (Å²) in [5.74, 6) is -4.27. The van der Waals surface area contributed by atoms with Gasteiger partial charge in [-0.15, -0.1) is 0 Å². The number of fused-ring (bicyclic) bond motifs is 1. The molecule has 0 radical (unpaired) electrons. The molecule has 6 heteroatoms. The van der Waals surface area contributed by atoms with Crippen LogP contribution in [0.2, 0.25) is 0 Å². The normalized spacial score (nSPS) is 52.5. The van der Waals surface area contributed by atoms with E-state index in [0.717, 1.165) is 5.57 Å². The van der Waals surface area contributed by atoms with Gasteiger partial charge in [0, 0.05) is 0 Å². The van der Waals surface area contributed by atoms with Crippen molar-refractivity contribution in [2.24, 2.45) is 47.3 Å². The standard InChI is InChI=1S/C15H12O6/c1-3-2-4-6-8(11-10(6)14(18)21-15(11)19)5(3)9-7(4)12(16)20-13(9)17/h2,4-11H,1H3/t4-,5-,6+,7-,8-,9-,10-,11-/m1/s1. The van der Waals surface area contributed by atoms with Gasteiger partial charge in [0.1, 0.15) is 0 Å². The summed E-state index contributed by atoms with van der Waals surface area (Å²) in [6, 6.07) is 0. The predicted molar refractivity (Wildman–Crippen MR) is 63.9 cm³/mol. The fraction of sp³-hybridized carbons (Fsp3) is 0.600. The number of hydrogen-bond donors (Lipinski definition) is 0. The summed E-state index contributed by atoms with van der Waals surface area (Å²) in [6.45, 7) is 1.93. The van der Waals surface area contributed by atoms with Crippen molar-refractivity contribution in [3.05, 3.63) is 11.6 Å². The maximum atomic E-state index is 12.0. The van der Waals surface area contributed by atoms with Crippen LogP contribution in [0.1, 0.15) is 6.92 Å². The molecule has 2 heterocycles. The van der Waals surface area contributed by atoms with Crippen LogP contribution in [0.3, 0.4) is 0 Å². The Labute approximate surface area is 119 Å². The molecule has 0 aromatic rings. The summed E-state index contributed by atoms with van der Waals surface area (Å²) >= 11 is 0. The Kier molecular flexibility index (Phi) is 1.81. The highest BCUT2D eigenvalue weighted by Gasteiger charge is 2.75. The van der Waals surface area contributed by atoms with Crippen molar-refractivity contribution in [2.45, 2.75) is 6.92 Å². The minimum Gasteiger partial charge on any atom is -0.393 e. The number of carbonyl (C=O) groups excluding carboxylic acids is 4. The van der Waals surface area contributed by atoms with E-state index in [1.54, 1.807) is 0 Å². The number of rotatable bonds is 0. The minimum absolute atomic E-state index is 0.0661. The third-order valence-corrected chi connectivity index (χ3v) is 6.18. The summed E-state index contributed by atoms with van der Waals surface area (Å²) in [5, 5.41) is 0. The molecule has 108 valence electrons. The first-order chi connectivity index (χ1) is 10.0. The smallest absolute Gasteiger partial charge is 0.318 e. The molecule has 2 saturated heterocycles. The van der Waals surface area contributed by atoms with Crippen LogP contribution in [-0.4, -0.2) is 23.9 Å². The molecule has 0 aromatic heterocycles. The van der Waals surface area contributed by atoms with Crippen LogP contribution in [0.5, 0.6) is 0 Å². The molecule has 8 atom stereocenters. The highest BCUT2D eigenvalue weighted by Crippen LogP contribution is 2.69. The lowest BCUT2D eigenvalue weighted by Crippen LogP contribution is -2.64. The van der Waals surface area contributed by atoms with Gasteiger partial charge in [-0.25, -0.2) is 0 Å². The zero-order chi connectivity index (χ0) is 14.6. The van der Waals surface area contributed by atoms with Gasteiger partial charge < -0.3 is 9.47 Å². The third-order valence-electron chi connectivity index (χ3n) is 6.18. The molecular formula is C15H12O6. The lowest BCUT2D eigenvalue weighted by Gasteiger charge is -2.60. The summed E-state index contributed by atoms with van der Waals surface area (Å²) in [6.07, 6.45) is 2.00. The van der Waals surface area contributed by atoms with Gasteiger partial charge in [0.05, 0.1) is 23.7 Å². The summed E-state index contributed by atoms with van der Waals surface area (Å²) in [4.78, 5) is 47.7. The zero-order valence-corrected chi connectivity index (χ0v) is 11.1. The van der Waals surface area contributed by atoms with E-state index in [1.807, 2.05) is 13.0 Å². The predicted octanol–water partition coefficient (Wildman–Crippen LogP) is 0.0699. The van der Waals surface area contributed by atoms with E-state index < -0.39 is 47.5 Å². The molecule has 0 amide bonds. The Bertz CT molecular complexity index is 676. The molecule has 4 aliphatic carbocycles. The van der Waals surface area contributed by atoms with Gasteiger partial charge in [-0.05, 0) is 30.6 Å². The second-order valence-electron chi connectivity index (χ2n) is 6.75. The largest absolute Gasteiger partial charge is 0.393 e. The third kappa shape index (κ3) is 1.06. The van der Waals surface area contributed by atoms with E-state index in [-0.39, 0.29) is 23.7 Å². The van der Waals surface area contributed by atoms with E-state index in [9.17, 15) is 19.2 Å². The first-order valence-electron chi connectivity index (χ1n) is 7.20. The van der Waals surface area contributed by atoms with Gasteiger partial charge in [-0.2, -0.15) is 0 Å². The fourth-order valence-electron chi connectivity index (χ4n) is 5.60. The second kappa shape index (κ2) is 3.26. The number of allylic oxidation sites excluding steroid dienone is 2. The molecule has 21 heavy (non-hydrogen) atoms. The van der Waals surface area contributed by atoms with Crippen molar-refractivity contribution in [3.8, 4) is 0 Å². The number of carbonyl (C=O) groups is 4. The van der Waals surface area contributed by atoms with Gasteiger partial charge >= 0.3 is 23.9 Å². The average molecular weight is 288 g/mol. The van der Waals surface area contributed by atoms with Gasteiger partial charge in [0.15, 0.2) is 0 Å². The minimum atomic E-state index is -0.489. The Morgan fingerprint density at radius 1 is 0.714 bits per heavy atom. The van der Waals surface area contributed by atoms with Crippen LogP contribution in [0.25, 0.3) is 0 Å². The maximum absolute atomic E-state index is 12.0. The molecule has 0 spiro atoms. The summed E-state index contributed by atoms with van der Waals surface area (Å²) < 4.78 is 9.60. The lowest BCUT2D eigenvalue weighted by molar-refractivity contribution is -0.168. The van der Waals surface area contributed by atoms with E-state index >= 15 is 0 Å². The van der Waals surface area contributed by atoms with Gasteiger partial charge in [0.25, 0.3) is 0 Å². The molecule has 6 rings (SSSR count). The molecule has 6 aliphatic rings. The Morgan fingerprint density at radius 2 is 1.24 bits per heavy atom. The Balaban J connectivity index is 1.66. The van der Waals surface area contributed by atoms with E-state index in [4.69, 9.17) is 9.47 Å². The average Bonchev–Trinajstić information content (AvgIpc) is 2.79. The number of esters is 4. The molecule has 0 aromatic carbocycles. The monoisotopic (exact) mass is 288 g/mol. The first-order valence-corrected chi connectivity index (χ1v) is 7.20. The van der Waals surface area contributed by atoms with E-state index in [2.05, 4.69) is 0 Å². The molecule has 0 N–H and O–H groups in total. The lowest BCUT2D eigenvalue weighted by atomic mass is 9.39. The highest BCUT2D eigenvalue weighted by atomic mass is 16.6. The second-order valence-corrected chi connectivity index (χ2v) is 6.75. The summed E-state index contributed by atoms with van der Waals surface area (Å²) in [7, 11) is 0. The Hall–Kier alpha value is -1.98. The number of hydrogen-bond acceptors (Lipinski definition) is 6. The zero-order valence-electron chi connectivity index (χ0n) is 11.1. The topological polar surface area (TPSA) is 86.7 Å².